The lowest BCUT2D eigenvalue weighted by atomic mass is 10.3. The van der Waals surface area contributed by atoms with Crippen molar-refractivity contribution in [3.05, 3.63) is 40.9 Å². The van der Waals surface area contributed by atoms with Crippen molar-refractivity contribution in [3.63, 3.8) is 0 Å². The number of hydrogen-bond donors (Lipinski definition) is 1. The molecule has 1 heterocycles. The second kappa shape index (κ2) is 6.60. The Morgan fingerprint density at radius 2 is 2.32 bits per heavy atom. The largest absolute Gasteiger partial charge is 0.383 e. The summed E-state index contributed by atoms with van der Waals surface area (Å²) in [6.45, 7) is 1.89. The summed E-state index contributed by atoms with van der Waals surface area (Å²) in [6, 6.07) is 4.30. The van der Waals surface area contributed by atoms with E-state index in [4.69, 9.17) is 16.3 Å². The van der Waals surface area contributed by atoms with E-state index in [-0.39, 0.29) is 5.69 Å². The summed E-state index contributed by atoms with van der Waals surface area (Å²) < 4.78 is 19.9. The average Bonchev–Trinajstić information content (AvgIpc) is 2.86. The second-order valence-electron chi connectivity index (χ2n) is 3.92. The molecule has 5 nitrogen and oxygen atoms in total. The lowest BCUT2D eigenvalue weighted by molar-refractivity contribution is 0.199. The molecule has 2 aromatic rings. The number of nitrogens with zero attached hydrogens (tertiary/aromatic N) is 3. The van der Waals surface area contributed by atoms with Crippen LogP contribution in [0.2, 0.25) is 5.02 Å². The molecular weight excluding hydrogens is 271 g/mol. The van der Waals surface area contributed by atoms with Gasteiger partial charge in [0.15, 0.2) is 0 Å². The quantitative estimate of drug-likeness (QED) is 0.822. The number of benzene rings is 1. The molecule has 1 aromatic carbocycles. The minimum absolute atomic E-state index is 0.281. The third-order valence-corrected chi connectivity index (χ3v) is 2.72. The van der Waals surface area contributed by atoms with Gasteiger partial charge in [0.25, 0.3) is 0 Å². The van der Waals surface area contributed by atoms with Gasteiger partial charge in [-0.05, 0) is 18.2 Å². The van der Waals surface area contributed by atoms with Gasteiger partial charge in [0.1, 0.15) is 11.5 Å². The van der Waals surface area contributed by atoms with E-state index in [2.05, 4.69) is 15.6 Å². The Balaban J connectivity index is 2.06. The van der Waals surface area contributed by atoms with Crippen LogP contribution in [0.15, 0.2) is 24.4 Å². The van der Waals surface area contributed by atoms with Gasteiger partial charge in [-0.2, -0.15) is 0 Å². The maximum Gasteiger partial charge on any atom is 0.149 e. The Morgan fingerprint density at radius 1 is 1.47 bits per heavy atom. The molecule has 2 rings (SSSR count). The number of aromatic nitrogens is 3. The van der Waals surface area contributed by atoms with Gasteiger partial charge in [-0.25, -0.2) is 9.07 Å². The SMILES string of the molecule is COCCNCc1cn(-c2cc(Cl)ccc2F)nn1. The molecule has 0 aliphatic rings. The van der Waals surface area contributed by atoms with E-state index >= 15 is 0 Å². The smallest absolute Gasteiger partial charge is 0.149 e. The van der Waals surface area contributed by atoms with Crippen molar-refractivity contribution in [3.8, 4) is 5.69 Å². The van der Waals surface area contributed by atoms with Crippen LogP contribution in [0.5, 0.6) is 0 Å². The Hall–Kier alpha value is -1.50. The lowest BCUT2D eigenvalue weighted by Crippen LogP contribution is -2.18. The van der Waals surface area contributed by atoms with E-state index in [1.807, 2.05) is 0 Å². The molecule has 1 N–H and O–H groups in total. The summed E-state index contributed by atoms with van der Waals surface area (Å²) in [5.41, 5.74) is 0.999. The topological polar surface area (TPSA) is 52.0 Å². The molecule has 0 saturated heterocycles. The first-order valence-corrected chi connectivity index (χ1v) is 6.15. The number of halogens is 2. The molecule has 0 atom stereocenters. The molecule has 19 heavy (non-hydrogen) atoms. The fourth-order valence-corrected chi connectivity index (χ4v) is 1.72. The lowest BCUT2D eigenvalue weighted by Gasteiger charge is -2.02. The highest BCUT2D eigenvalue weighted by Gasteiger charge is 2.08. The standard InChI is InChI=1S/C12H14ClFN4O/c1-19-5-4-15-7-10-8-18(17-16-10)12-6-9(13)2-3-11(12)14/h2-3,6,8,15H,4-5,7H2,1H3. The van der Waals surface area contributed by atoms with Crippen molar-refractivity contribution in [2.45, 2.75) is 6.54 Å². The predicted molar refractivity (Wildman–Crippen MR) is 69.9 cm³/mol. The first-order valence-electron chi connectivity index (χ1n) is 5.77. The van der Waals surface area contributed by atoms with Crippen molar-refractivity contribution in [1.82, 2.24) is 20.3 Å². The maximum absolute atomic E-state index is 13.6. The van der Waals surface area contributed by atoms with E-state index in [1.54, 1.807) is 13.3 Å². The van der Waals surface area contributed by atoms with Gasteiger partial charge in [-0.3, -0.25) is 0 Å². The number of hydrogen-bond acceptors (Lipinski definition) is 4. The molecule has 0 aliphatic carbocycles. The van der Waals surface area contributed by atoms with E-state index in [1.165, 1.54) is 22.9 Å². The number of ether oxygens (including phenoxy) is 1. The fourth-order valence-electron chi connectivity index (χ4n) is 1.55. The van der Waals surface area contributed by atoms with Crippen LogP contribution in [0.3, 0.4) is 0 Å². The monoisotopic (exact) mass is 284 g/mol. The zero-order chi connectivity index (χ0) is 13.7. The van der Waals surface area contributed by atoms with Gasteiger partial charge in [0.05, 0.1) is 18.5 Å². The molecule has 102 valence electrons. The minimum Gasteiger partial charge on any atom is -0.383 e. The highest BCUT2D eigenvalue weighted by molar-refractivity contribution is 6.30. The third kappa shape index (κ3) is 3.73. The first-order chi connectivity index (χ1) is 9.20. The summed E-state index contributed by atoms with van der Waals surface area (Å²) >= 11 is 5.84. The van der Waals surface area contributed by atoms with Crippen LogP contribution in [0.1, 0.15) is 5.69 Å². The van der Waals surface area contributed by atoms with Crippen molar-refractivity contribution in [2.24, 2.45) is 0 Å². The summed E-state index contributed by atoms with van der Waals surface area (Å²) in [7, 11) is 1.64. The van der Waals surface area contributed by atoms with E-state index in [0.29, 0.717) is 18.2 Å². The Kier molecular flexibility index (Phi) is 4.84. The van der Waals surface area contributed by atoms with E-state index in [0.717, 1.165) is 12.2 Å². The molecule has 7 heteroatoms. The molecule has 0 aliphatic heterocycles. The highest BCUT2D eigenvalue weighted by atomic mass is 35.5. The van der Waals surface area contributed by atoms with E-state index < -0.39 is 5.82 Å². The fraction of sp³-hybridized carbons (Fsp3) is 0.333. The number of nitrogens with one attached hydrogen (secondary N) is 1. The van der Waals surface area contributed by atoms with Gasteiger partial charge < -0.3 is 10.1 Å². The Labute approximate surface area is 115 Å². The van der Waals surface area contributed by atoms with Crippen LogP contribution in [-0.4, -0.2) is 35.3 Å². The van der Waals surface area contributed by atoms with Gasteiger partial charge in [-0.15, -0.1) is 5.10 Å². The normalized spacial score (nSPS) is 10.9. The van der Waals surface area contributed by atoms with Crippen LogP contribution in [0, 0.1) is 5.82 Å². The number of methoxy groups -OCH3 is 1. The summed E-state index contributed by atoms with van der Waals surface area (Å²) in [5, 5.41) is 11.4. The Morgan fingerprint density at radius 3 is 3.11 bits per heavy atom. The molecule has 0 radical (unpaired) electrons. The first kappa shape index (κ1) is 13.9. The summed E-state index contributed by atoms with van der Waals surface area (Å²) in [5.74, 6) is -0.395. The molecule has 0 spiro atoms. The van der Waals surface area contributed by atoms with Gasteiger partial charge in [0, 0.05) is 25.2 Å². The predicted octanol–water partition coefficient (Wildman–Crippen LogP) is 1.80. The van der Waals surface area contributed by atoms with Crippen molar-refractivity contribution in [2.75, 3.05) is 20.3 Å². The third-order valence-electron chi connectivity index (χ3n) is 2.48. The molecule has 0 amide bonds. The summed E-state index contributed by atoms with van der Waals surface area (Å²) in [6.07, 6.45) is 1.66. The summed E-state index contributed by atoms with van der Waals surface area (Å²) in [4.78, 5) is 0. The van der Waals surface area contributed by atoms with Crippen LogP contribution < -0.4 is 5.32 Å². The Bertz CT molecular complexity index is 546. The molecule has 0 bridgehead atoms. The second-order valence-corrected chi connectivity index (χ2v) is 4.36. The molecular formula is C12H14ClFN4O. The van der Waals surface area contributed by atoms with Crippen molar-refractivity contribution >= 4 is 11.6 Å². The maximum atomic E-state index is 13.6. The van der Waals surface area contributed by atoms with Gasteiger partial charge in [-0.1, -0.05) is 16.8 Å². The molecule has 0 saturated carbocycles. The zero-order valence-corrected chi connectivity index (χ0v) is 11.2. The van der Waals surface area contributed by atoms with Crippen LogP contribution in [0.4, 0.5) is 4.39 Å². The van der Waals surface area contributed by atoms with Crippen LogP contribution in [-0.2, 0) is 11.3 Å². The van der Waals surface area contributed by atoms with Crippen LogP contribution >= 0.6 is 11.6 Å². The minimum atomic E-state index is -0.395. The van der Waals surface area contributed by atoms with Crippen molar-refractivity contribution in [1.29, 1.82) is 0 Å². The average molecular weight is 285 g/mol. The molecule has 0 unspecified atom stereocenters. The molecule has 1 aromatic heterocycles. The molecule has 0 fully saturated rings. The van der Waals surface area contributed by atoms with Gasteiger partial charge >= 0.3 is 0 Å². The van der Waals surface area contributed by atoms with Gasteiger partial charge in [0.2, 0.25) is 0 Å². The number of rotatable bonds is 6. The van der Waals surface area contributed by atoms with E-state index in [9.17, 15) is 4.39 Å². The highest BCUT2D eigenvalue weighted by Crippen LogP contribution is 2.18. The zero-order valence-electron chi connectivity index (χ0n) is 10.4. The van der Waals surface area contributed by atoms with Crippen molar-refractivity contribution < 1.29 is 9.13 Å². The van der Waals surface area contributed by atoms with Crippen LogP contribution in [0.25, 0.3) is 5.69 Å².